The molecule has 3 nitrogen and oxygen atoms in total. The number of hydrogen-bond donors (Lipinski definition) is 1. The Kier molecular flexibility index (Phi) is 5.58. The number of hydrogen-bond acceptors (Lipinski definition) is 3. The number of rotatable bonds is 5. The normalized spacial score (nSPS) is 27.6. The van der Waals surface area contributed by atoms with Crippen LogP contribution in [0.4, 0.5) is 0 Å². The molecule has 1 saturated heterocycles. The minimum absolute atomic E-state index is 0.348. The number of nitrogens with one attached hydrogen (secondary N) is 1. The molecule has 0 spiro atoms. The van der Waals surface area contributed by atoms with Crippen molar-refractivity contribution in [3.63, 3.8) is 0 Å². The molecule has 1 heterocycles. The van der Waals surface area contributed by atoms with E-state index in [9.17, 15) is 0 Å². The maximum atomic E-state index is 5.31. The van der Waals surface area contributed by atoms with E-state index in [0.717, 1.165) is 25.6 Å². The van der Waals surface area contributed by atoms with Gasteiger partial charge in [0.1, 0.15) is 0 Å². The highest BCUT2D eigenvalue weighted by molar-refractivity contribution is 4.82. The van der Waals surface area contributed by atoms with Crippen molar-refractivity contribution in [2.75, 3.05) is 33.3 Å². The Morgan fingerprint density at radius 2 is 2.20 bits per heavy atom. The second-order valence-electron chi connectivity index (χ2n) is 4.75. The molecule has 1 aliphatic heterocycles. The van der Waals surface area contributed by atoms with Gasteiger partial charge in [-0.05, 0) is 12.8 Å². The van der Waals surface area contributed by atoms with Crippen LogP contribution in [-0.4, -0.2) is 50.3 Å². The van der Waals surface area contributed by atoms with Gasteiger partial charge in [0.2, 0.25) is 0 Å². The van der Waals surface area contributed by atoms with E-state index in [1.54, 1.807) is 7.11 Å². The third kappa shape index (κ3) is 4.09. The van der Waals surface area contributed by atoms with Crippen LogP contribution in [0, 0.1) is 5.92 Å². The van der Waals surface area contributed by atoms with Crippen LogP contribution in [0.25, 0.3) is 0 Å². The summed E-state index contributed by atoms with van der Waals surface area (Å²) in [6.07, 6.45) is 1.60. The number of nitrogens with zero attached hydrogens (tertiary/aromatic N) is 1. The first-order valence-corrected chi connectivity index (χ1v) is 6.15. The number of ether oxygens (including phenoxy) is 1. The zero-order valence-corrected chi connectivity index (χ0v) is 10.6. The molecule has 1 fully saturated rings. The topological polar surface area (TPSA) is 24.5 Å². The van der Waals surface area contributed by atoms with Crippen molar-refractivity contribution in [2.24, 2.45) is 5.92 Å². The van der Waals surface area contributed by atoms with Gasteiger partial charge in [-0.1, -0.05) is 20.3 Å². The molecule has 1 rings (SSSR count). The molecule has 1 N–H and O–H groups in total. The Bertz CT molecular complexity index is 175. The lowest BCUT2D eigenvalue weighted by molar-refractivity contribution is 0.0604. The molecular weight excluding hydrogens is 188 g/mol. The molecule has 3 unspecified atom stereocenters. The quantitative estimate of drug-likeness (QED) is 0.747. The lowest BCUT2D eigenvalue weighted by Crippen LogP contribution is -2.54. The lowest BCUT2D eigenvalue weighted by Gasteiger charge is -2.37. The molecule has 0 aliphatic carbocycles. The summed E-state index contributed by atoms with van der Waals surface area (Å²) in [5.74, 6) is 0.769. The fourth-order valence-electron chi connectivity index (χ4n) is 2.11. The first kappa shape index (κ1) is 12.9. The minimum atomic E-state index is 0.348. The summed E-state index contributed by atoms with van der Waals surface area (Å²) in [6, 6.07) is 0.660. The second-order valence-corrected chi connectivity index (χ2v) is 4.75. The van der Waals surface area contributed by atoms with E-state index in [-0.39, 0.29) is 0 Å². The smallest absolute Gasteiger partial charge is 0.0670 e. The summed E-state index contributed by atoms with van der Waals surface area (Å²) in [5.41, 5.74) is 0. The first-order valence-electron chi connectivity index (χ1n) is 6.15. The van der Waals surface area contributed by atoms with Crippen LogP contribution in [0.3, 0.4) is 0 Å². The van der Waals surface area contributed by atoms with E-state index in [4.69, 9.17) is 4.74 Å². The van der Waals surface area contributed by atoms with Gasteiger partial charge in [0.15, 0.2) is 0 Å². The average molecular weight is 214 g/mol. The minimum Gasteiger partial charge on any atom is -0.380 e. The number of methoxy groups -OCH3 is 1. The Labute approximate surface area is 94.2 Å². The van der Waals surface area contributed by atoms with Crippen molar-refractivity contribution in [3.05, 3.63) is 0 Å². The van der Waals surface area contributed by atoms with Crippen LogP contribution in [-0.2, 0) is 4.74 Å². The van der Waals surface area contributed by atoms with E-state index < -0.39 is 0 Å². The Morgan fingerprint density at radius 1 is 1.47 bits per heavy atom. The predicted molar refractivity (Wildman–Crippen MR) is 64.2 cm³/mol. The van der Waals surface area contributed by atoms with Gasteiger partial charge in [-0.25, -0.2) is 0 Å². The fraction of sp³-hybridized carbons (Fsp3) is 1.00. The van der Waals surface area contributed by atoms with Crippen molar-refractivity contribution in [2.45, 2.75) is 39.3 Å². The van der Waals surface area contributed by atoms with Crippen LogP contribution in [0.2, 0.25) is 0 Å². The molecule has 1 aliphatic rings. The molecule has 3 heteroatoms. The average Bonchev–Trinajstić information content (AvgIpc) is 2.28. The van der Waals surface area contributed by atoms with Crippen molar-refractivity contribution in [1.29, 1.82) is 0 Å². The van der Waals surface area contributed by atoms with E-state index in [1.807, 2.05) is 0 Å². The van der Waals surface area contributed by atoms with E-state index in [2.05, 4.69) is 31.0 Å². The lowest BCUT2D eigenvalue weighted by atomic mass is 9.97. The summed E-state index contributed by atoms with van der Waals surface area (Å²) in [6.45, 7) is 11.2. The molecule has 90 valence electrons. The summed E-state index contributed by atoms with van der Waals surface area (Å²) in [5, 5.41) is 3.61. The molecule has 15 heavy (non-hydrogen) atoms. The Balaban J connectivity index is 2.35. The van der Waals surface area contributed by atoms with E-state index in [0.29, 0.717) is 12.1 Å². The SMILES string of the molecule is CCC(C)C1CN(CC(C)OC)CCN1. The molecule has 0 aromatic heterocycles. The van der Waals surface area contributed by atoms with Gasteiger partial charge in [-0.2, -0.15) is 0 Å². The van der Waals surface area contributed by atoms with Crippen LogP contribution in [0.15, 0.2) is 0 Å². The summed E-state index contributed by atoms with van der Waals surface area (Å²) < 4.78 is 5.31. The van der Waals surface area contributed by atoms with Gasteiger partial charge in [0.05, 0.1) is 6.10 Å². The molecule has 0 aromatic carbocycles. The standard InChI is InChI=1S/C12H26N2O/c1-5-10(2)12-9-14(7-6-13-12)8-11(3)15-4/h10-13H,5-9H2,1-4H3. The summed E-state index contributed by atoms with van der Waals surface area (Å²) in [4.78, 5) is 2.52. The van der Waals surface area contributed by atoms with Crippen LogP contribution < -0.4 is 5.32 Å². The van der Waals surface area contributed by atoms with Gasteiger partial charge in [-0.15, -0.1) is 0 Å². The molecular formula is C12H26N2O. The Hall–Kier alpha value is -0.120. The highest BCUT2D eigenvalue weighted by Gasteiger charge is 2.23. The van der Waals surface area contributed by atoms with Crippen molar-refractivity contribution in [1.82, 2.24) is 10.2 Å². The zero-order chi connectivity index (χ0) is 11.3. The molecule has 0 amide bonds. The summed E-state index contributed by atoms with van der Waals surface area (Å²) >= 11 is 0. The highest BCUT2D eigenvalue weighted by Crippen LogP contribution is 2.12. The van der Waals surface area contributed by atoms with Gasteiger partial charge in [0.25, 0.3) is 0 Å². The molecule has 3 atom stereocenters. The second kappa shape index (κ2) is 6.46. The van der Waals surface area contributed by atoms with E-state index in [1.165, 1.54) is 13.0 Å². The van der Waals surface area contributed by atoms with Crippen molar-refractivity contribution >= 4 is 0 Å². The van der Waals surface area contributed by atoms with Crippen LogP contribution >= 0.6 is 0 Å². The number of piperazine rings is 1. The third-order valence-corrected chi connectivity index (χ3v) is 3.54. The maximum Gasteiger partial charge on any atom is 0.0670 e. The first-order chi connectivity index (χ1) is 7.17. The highest BCUT2D eigenvalue weighted by atomic mass is 16.5. The van der Waals surface area contributed by atoms with Crippen molar-refractivity contribution in [3.8, 4) is 0 Å². The monoisotopic (exact) mass is 214 g/mol. The zero-order valence-electron chi connectivity index (χ0n) is 10.6. The van der Waals surface area contributed by atoms with Crippen molar-refractivity contribution < 1.29 is 4.74 Å². The predicted octanol–water partition coefficient (Wildman–Crippen LogP) is 1.34. The summed E-state index contributed by atoms with van der Waals surface area (Å²) in [7, 11) is 1.79. The maximum absolute atomic E-state index is 5.31. The molecule has 0 radical (unpaired) electrons. The molecule has 0 bridgehead atoms. The largest absolute Gasteiger partial charge is 0.380 e. The van der Waals surface area contributed by atoms with Gasteiger partial charge >= 0.3 is 0 Å². The van der Waals surface area contributed by atoms with Gasteiger partial charge in [0, 0.05) is 39.3 Å². The molecule has 0 aromatic rings. The van der Waals surface area contributed by atoms with Crippen LogP contribution in [0.5, 0.6) is 0 Å². The van der Waals surface area contributed by atoms with Crippen LogP contribution in [0.1, 0.15) is 27.2 Å². The van der Waals surface area contributed by atoms with Gasteiger partial charge in [-0.3, -0.25) is 4.90 Å². The molecule has 0 saturated carbocycles. The van der Waals surface area contributed by atoms with E-state index >= 15 is 0 Å². The fourth-order valence-corrected chi connectivity index (χ4v) is 2.11. The van der Waals surface area contributed by atoms with Gasteiger partial charge < -0.3 is 10.1 Å². The third-order valence-electron chi connectivity index (χ3n) is 3.54. The Morgan fingerprint density at radius 3 is 2.80 bits per heavy atom.